The topological polar surface area (TPSA) is 95.6 Å². The Morgan fingerprint density at radius 2 is 1.62 bits per heavy atom. The van der Waals surface area contributed by atoms with Gasteiger partial charge in [0, 0.05) is 0 Å². The molecule has 1 atom stereocenters. The van der Waals surface area contributed by atoms with Gasteiger partial charge in [-0.15, -0.1) is 11.3 Å². The molecule has 0 spiro atoms. The molecule has 2 N–H and O–H groups in total. The van der Waals surface area contributed by atoms with Crippen molar-refractivity contribution in [3.05, 3.63) is 57.8 Å². The minimum Gasteiger partial charge on any atom is -0.271 e. The van der Waals surface area contributed by atoms with Crippen LogP contribution in [0.5, 0.6) is 0 Å². The van der Waals surface area contributed by atoms with E-state index in [-0.39, 0.29) is 11.1 Å². The number of rotatable bonds is 3. The molecular weight excluding hydrogens is 330 g/mol. The van der Waals surface area contributed by atoms with Crippen molar-refractivity contribution >= 4 is 35.0 Å². The van der Waals surface area contributed by atoms with E-state index in [4.69, 9.17) is 0 Å². The van der Waals surface area contributed by atoms with Gasteiger partial charge in [-0.05, 0) is 30.5 Å². The third-order valence-corrected chi connectivity index (χ3v) is 4.51. The average molecular weight is 343 g/mol. The summed E-state index contributed by atoms with van der Waals surface area (Å²) < 4.78 is 0. The molecule has 0 fully saturated rings. The number of benzene rings is 1. The van der Waals surface area contributed by atoms with Gasteiger partial charge in [0.15, 0.2) is 0 Å². The lowest BCUT2D eigenvalue weighted by molar-refractivity contribution is -0.125. The number of carbonyl (C=O) groups is 4. The molecule has 1 aliphatic heterocycles. The SMILES string of the molecule is C[C@H](C(=O)NNC(=O)c1cccs1)N1C(=O)c2ccccc2C1=O. The number of nitrogens with one attached hydrogen (secondary N) is 2. The first-order chi connectivity index (χ1) is 11.5. The number of thiophene rings is 1. The Morgan fingerprint density at radius 3 is 2.17 bits per heavy atom. The van der Waals surface area contributed by atoms with Crippen LogP contribution in [0.1, 0.15) is 37.3 Å². The molecule has 8 heteroatoms. The van der Waals surface area contributed by atoms with E-state index in [1.54, 1.807) is 41.8 Å². The maximum absolute atomic E-state index is 12.3. The van der Waals surface area contributed by atoms with E-state index < -0.39 is 29.7 Å². The number of fused-ring (bicyclic) bond motifs is 1. The van der Waals surface area contributed by atoms with Gasteiger partial charge in [0.1, 0.15) is 6.04 Å². The zero-order chi connectivity index (χ0) is 17.3. The van der Waals surface area contributed by atoms with Crippen molar-refractivity contribution < 1.29 is 19.2 Å². The molecule has 1 aliphatic rings. The quantitative estimate of drug-likeness (QED) is 0.646. The lowest BCUT2D eigenvalue weighted by Gasteiger charge is -2.21. The van der Waals surface area contributed by atoms with Gasteiger partial charge in [0.05, 0.1) is 16.0 Å². The maximum atomic E-state index is 12.3. The summed E-state index contributed by atoms with van der Waals surface area (Å²) in [5.41, 5.74) is 5.04. The van der Waals surface area contributed by atoms with Crippen molar-refractivity contribution in [3.8, 4) is 0 Å². The second-order valence-electron chi connectivity index (χ2n) is 5.12. The average Bonchev–Trinajstić information content (AvgIpc) is 3.20. The fourth-order valence-electron chi connectivity index (χ4n) is 2.37. The van der Waals surface area contributed by atoms with Crippen molar-refractivity contribution in [1.82, 2.24) is 15.8 Å². The summed E-state index contributed by atoms with van der Waals surface area (Å²) in [5.74, 6) is -2.17. The molecule has 0 saturated heterocycles. The Labute approximate surface area is 141 Å². The highest BCUT2D eigenvalue weighted by Crippen LogP contribution is 2.24. The largest absolute Gasteiger partial charge is 0.279 e. The van der Waals surface area contributed by atoms with Gasteiger partial charge in [0.2, 0.25) is 0 Å². The van der Waals surface area contributed by atoms with Crippen LogP contribution in [-0.4, -0.2) is 34.6 Å². The third-order valence-electron chi connectivity index (χ3n) is 3.64. The lowest BCUT2D eigenvalue weighted by atomic mass is 10.1. The van der Waals surface area contributed by atoms with Gasteiger partial charge in [-0.1, -0.05) is 18.2 Å². The van der Waals surface area contributed by atoms with E-state index in [9.17, 15) is 19.2 Å². The number of imide groups is 1. The second-order valence-corrected chi connectivity index (χ2v) is 6.07. The van der Waals surface area contributed by atoms with Gasteiger partial charge >= 0.3 is 0 Å². The summed E-state index contributed by atoms with van der Waals surface area (Å²) in [5, 5.41) is 1.73. The van der Waals surface area contributed by atoms with E-state index >= 15 is 0 Å². The van der Waals surface area contributed by atoms with Crippen molar-refractivity contribution in [2.24, 2.45) is 0 Å². The Morgan fingerprint density at radius 1 is 1.00 bits per heavy atom. The highest BCUT2D eigenvalue weighted by atomic mass is 32.1. The zero-order valence-electron chi connectivity index (χ0n) is 12.6. The molecule has 7 nitrogen and oxygen atoms in total. The van der Waals surface area contributed by atoms with Crippen LogP contribution >= 0.6 is 11.3 Å². The fraction of sp³-hybridized carbons (Fsp3) is 0.125. The number of hydrazine groups is 1. The fourth-order valence-corrected chi connectivity index (χ4v) is 2.99. The molecule has 2 heterocycles. The molecule has 0 radical (unpaired) electrons. The molecule has 122 valence electrons. The Kier molecular flexibility index (Phi) is 4.13. The van der Waals surface area contributed by atoms with Crippen LogP contribution in [0.15, 0.2) is 41.8 Å². The van der Waals surface area contributed by atoms with Crippen LogP contribution in [0.4, 0.5) is 0 Å². The summed E-state index contributed by atoms with van der Waals surface area (Å²) in [6.45, 7) is 1.42. The van der Waals surface area contributed by atoms with Crippen LogP contribution in [0, 0.1) is 0 Å². The summed E-state index contributed by atoms with van der Waals surface area (Å²) in [4.78, 5) is 49.9. The maximum Gasteiger partial charge on any atom is 0.279 e. The van der Waals surface area contributed by atoms with Crippen molar-refractivity contribution in [2.75, 3.05) is 0 Å². The highest BCUT2D eigenvalue weighted by Gasteiger charge is 2.40. The van der Waals surface area contributed by atoms with E-state index in [2.05, 4.69) is 10.9 Å². The number of hydrogen-bond acceptors (Lipinski definition) is 5. The molecule has 0 unspecified atom stereocenters. The number of carbonyl (C=O) groups excluding carboxylic acids is 4. The summed E-state index contributed by atoms with van der Waals surface area (Å²) in [7, 11) is 0. The first-order valence-corrected chi connectivity index (χ1v) is 7.99. The normalized spacial score (nSPS) is 14.3. The first kappa shape index (κ1) is 15.9. The van der Waals surface area contributed by atoms with Gasteiger partial charge < -0.3 is 0 Å². The third kappa shape index (κ3) is 2.67. The number of nitrogens with zero attached hydrogens (tertiary/aromatic N) is 1. The Hall–Kier alpha value is -3.00. The van der Waals surface area contributed by atoms with Gasteiger partial charge in [-0.3, -0.25) is 34.9 Å². The lowest BCUT2D eigenvalue weighted by Crippen LogP contribution is -2.52. The number of amides is 4. The van der Waals surface area contributed by atoms with Crippen LogP contribution in [0.3, 0.4) is 0 Å². The smallest absolute Gasteiger partial charge is 0.271 e. The molecule has 24 heavy (non-hydrogen) atoms. The van der Waals surface area contributed by atoms with Gasteiger partial charge in [-0.2, -0.15) is 0 Å². The van der Waals surface area contributed by atoms with Crippen molar-refractivity contribution in [2.45, 2.75) is 13.0 Å². The molecule has 0 aliphatic carbocycles. The van der Waals surface area contributed by atoms with Crippen LogP contribution in [0.2, 0.25) is 0 Å². The minimum absolute atomic E-state index is 0.268. The summed E-state index contributed by atoms with van der Waals surface area (Å²) >= 11 is 1.23. The molecule has 1 aromatic carbocycles. The minimum atomic E-state index is -1.05. The van der Waals surface area contributed by atoms with Gasteiger partial charge in [0.25, 0.3) is 23.6 Å². The van der Waals surface area contributed by atoms with E-state index in [0.29, 0.717) is 4.88 Å². The van der Waals surface area contributed by atoms with Crippen LogP contribution < -0.4 is 10.9 Å². The van der Waals surface area contributed by atoms with E-state index in [0.717, 1.165) is 4.90 Å². The van der Waals surface area contributed by atoms with Crippen molar-refractivity contribution in [3.63, 3.8) is 0 Å². The zero-order valence-corrected chi connectivity index (χ0v) is 13.4. The summed E-state index contributed by atoms with van der Waals surface area (Å²) in [6, 6.07) is 8.65. The second kappa shape index (κ2) is 6.25. The molecule has 2 aromatic rings. The summed E-state index contributed by atoms with van der Waals surface area (Å²) in [6.07, 6.45) is 0. The molecule has 1 aromatic heterocycles. The van der Waals surface area contributed by atoms with Gasteiger partial charge in [-0.25, -0.2) is 0 Å². The Balaban J connectivity index is 1.67. The molecule has 3 rings (SSSR count). The van der Waals surface area contributed by atoms with Crippen LogP contribution in [-0.2, 0) is 4.79 Å². The van der Waals surface area contributed by atoms with Crippen LogP contribution in [0.25, 0.3) is 0 Å². The predicted molar refractivity (Wildman–Crippen MR) is 86.3 cm³/mol. The monoisotopic (exact) mass is 343 g/mol. The first-order valence-electron chi connectivity index (χ1n) is 7.11. The Bertz CT molecular complexity index is 797. The van der Waals surface area contributed by atoms with Crippen molar-refractivity contribution in [1.29, 1.82) is 0 Å². The molecule has 4 amide bonds. The molecular formula is C16H13N3O4S. The molecule has 0 bridgehead atoms. The number of hydrogen-bond donors (Lipinski definition) is 2. The standard InChI is InChI=1S/C16H13N3O4S/c1-9(13(20)17-18-14(21)12-7-4-8-24-12)19-15(22)10-5-2-3-6-11(10)16(19)23/h2-9H,1H3,(H,17,20)(H,18,21)/t9-/m1/s1. The highest BCUT2D eigenvalue weighted by molar-refractivity contribution is 7.12. The van der Waals surface area contributed by atoms with E-state index in [1.807, 2.05) is 0 Å². The predicted octanol–water partition coefficient (Wildman–Crippen LogP) is 1.19. The van der Waals surface area contributed by atoms with E-state index in [1.165, 1.54) is 18.3 Å². The molecule has 0 saturated carbocycles.